The standard InChI is InChI=1S/C16H18FN3O3/c1-18-16(19-6-11-2-3-21-8-11)20-7-12-4-14(17)5-13-9-22-10-23-15(12)13/h2-5,8H,6-7,9-10H2,1H3,(H2,18,19,20). The maximum Gasteiger partial charge on any atom is 0.191 e. The molecule has 0 saturated carbocycles. The highest BCUT2D eigenvalue weighted by molar-refractivity contribution is 5.79. The van der Waals surface area contributed by atoms with Crippen LogP contribution in [-0.2, 0) is 24.4 Å². The van der Waals surface area contributed by atoms with Crippen molar-refractivity contribution < 1.29 is 18.3 Å². The number of fused-ring (bicyclic) bond motifs is 1. The first-order chi connectivity index (χ1) is 11.3. The van der Waals surface area contributed by atoms with Gasteiger partial charge in [-0.1, -0.05) is 0 Å². The van der Waals surface area contributed by atoms with E-state index in [-0.39, 0.29) is 12.6 Å². The van der Waals surface area contributed by atoms with Gasteiger partial charge in [0.15, 0.2) is 12.8 Å². The van der Waals surface area contributed by atoms with E-state index in [1.807, 2.05) is 6.07 Å². The summed E-state index contributed by atoms with van der Waals surface area (Å²) in [5, 5.41) is 6.30. The molecule has 1 aromatic carbocycles. The lowest BCUT2D eigenvalue weighted by Crippen LogP contribution is -2.36. The van der Waals surface area contributed by atoms with Gasteiger partial charge in [-0.15, -0.1) is 0 Å². The van der Waals surface area contributed by atoms with Crippen LogP contribution >= 0.6 is 0 Å². The van der Waals surface area contributed by atoms with E-state index in [4.69, 9.17) is 13.9 Å². The Kier molecular flexibility index (Phi) is 4.77. The van der Waals surface area contributed by atoms with Crippen LogP contribution in [0.5, 0.6) is 5.75 Å². The molecule has 1 aliphatic rings. The maximum absolute atomic E-state index is 13.7. The van der Waals surface area contributed by atoms with E-state index in [0.29, 0.717) is 31.4 Å². The van der Waals surface area contributed by atoms with Crippen LogP contribution in [0.4, 0.5) is 4.39 Å². The minimum atomic E-state index is -0.309. The van der Waals surface area contributed by atoms with Crippen LogP contribution in [0.3, 0.4) is 0 Å². The Morgan fingerprint density at radius 2 is 2.17 bits per heavy atom. The number of halogens is 1. The fraction of sp³-hybridized carbons (Fsp3) is 0.312. The third-order valence-electron chi connectivity index (χ3n) is 3.46. The smallest absolute Gasteiger partial charge is 0.191 e. The van der Waals surface area contributed by atoms with Crippen molar-refractivity contribution in [2.24, 2.45) is 4.99 Å². The molecule has 23 heavy (non-hydrogen) atoms. The van der Waals surface area contributed by atoms with Crippen LogP contribution in [0.2, 0.25) is 0 Å². The van der Waals surface area contributed by atoms with Crippen molar-refractivity contribution in [1.29, 1.82) is 0 Å². The Hall–Kier alpha value is -2.54. The average molecular weight is 319 g/mol. The van der Waals surface area contributed by atoms with Crippen molar-refractivity contribution in [2.45, 2.75) is 19.7 Å². The first-order valence-corrected chi connectivity index (χ1v) is 7.23. The van der Waals surface area contributed by atoms with Gasteiger partial charge in [-0.3, -0.25) is 4.99 Å². The summed E-state index contributed by atoms with van der Waals surface area (Å²) in [6, 6.07) is 4.77. The number of nitrogens with zero attached hydrogens (tertiary/aromatic N) is 1. The Morgan fingerprint density at radius 1 is 1.30 bits per heavy atom. The molecule has 0 radical (unpaired) electrons. The number of nitrogens with one attached hydrogen (secondary N) is 2. The van der Waals surface area contributed by atoms with Crippen molar-refractivity contribution in [1.82, 2.24) is 10.6 Å². The van der Waals surface area contributed by atoms with E-state index in [9.17, 15) is 4.39 Å². The number of ether oxygens (including phenoxy) is 2. The van der Waals surface area contributed by atoms with Crippen LogP contribution in [0, 0.1) is 5.82 Å². The molecule has 0 spiro atoms. The van der Waals surface area contributed by atoms with Gasteiger partial charge in [-0.2, -0.15) is 0 Å². The fourth-order valence-electron chi connectivity index (χ4n) is 2.37. The van der Waals surface area contributed by atoms with Crippen molar-refractivity contribution in [3.05, 3.63) is 53.2 Å². The molecule has 0 saturated heterocycles. The summed E-state index contributed by atoms with van der Waals surface area (Å²) in [5.74, 6) is 0.975. The SMILES string of the molecule is CN=C(NCc1ccoc1)NCc1cc(F)cc2c1OCOC2. The quantitative estimate of drug-likeness (QED) is 0.668. The maximum atomic E-state index is 13.7. The number of furan rings is 1. The number of aliphatic imine (C=N–C) groups is 1. The van der Waals surface area contributed by atoms with Gasteiger partial charge < -0.3 is 24.5 Å². The number of benzene rings is 1. The van der Waals surface area contributed by atoms with E-state index in [1.54, 1.807) is 19.6 Å². The van der Waals surface area contributed by atoms with Gasteiger partial charge in [0.2, 0.25) is 0 Å². The molecule has 7 heteroatoms. The lowest BCUT2D eigenvalue weighted by molar-refractivity contribution is -0.0172. The Labute approximate surface area is 133 Å². The van der Waals surface area contributed by atoms with Gasteiger partial charge in [0, 0.05) is 36.8 Å². The molecule has 1 aliphatic heterocycles. The molecular formula is C16H18FN3O3. The number of rotatable bonds is 4. The summed E-state index contributed by atoms with van der Waals surface area (Å²) in [7, 11) is 1.68. The third kappa shape index (κ3) is 3.81. The monoisotopic (exact) mass is 319 g/mol. The molecule has 122 valence electrons. The lowest BCUT2D eigenvalue weighted by atomic mass is 10.1. The van der Waals surface area contributed by atoms with Crippen LogP contribution in [0.1, 0.15) is 16.7 Å². The highest BCUT2D eigenvalue weighted by Gasteiger charge is 2.17. The van der Waals surface area contributed by atoms with E-state index in [2.05, 4.69) is 15.6 Å². The molecule has 0 unspecified atom stereocenters. The molecule has 0 fully saturated rings. The normalized spacial score (nSPS) is 14.1. The summed E-state index contributed by atoms with van der Waals surface area (Å²) in [6.07, 6.45) is 3.28. The van der Waals surface area contributed by atoms with E-state index >= 15 is 0 Å². The minimum absolute atomic E-state index is 0.180. The topological polar surface area (TPSA) is 68.0 Å². The molecular weight excluding hydrogens is 301 g/mol. The highest BCUT2D eigenvalue weighted by atomic mass is 19.1. The highest BCUT2D eigenvalue weighted by Crippen LogP contribution is 2.29. The Balaban J connectivity index is 1.63. The van der Waals surface area contributed by atoms with Crippen molar-refractivity contribution in [3.8, 4) is 5.75 Å². The zero-order valence-electron chi connectivity index (χ0n) is 12.8. The second kappa shape index (κ2) is 7.15. The lowest BCUT2D eigenvalue weighted by Gasteiger charge is -2.21. The molecule has 0 aliphatic carbocycles. The number of hydrogen-bond donors (Lipinski definition) is 2. The number of guanidine groups is 1. The minimum Gasteiger partial charge on any atom is -0.472 e. The van der Waals surface area contributed by atoms with Crippen LogP contribution in [0.15, 0.2) is 40.1 Å². The van der Waals surface area contributed by atoms with Gasteiger partial charge in [-0.25, -0.2) is 4.39 Å². The first kappa shape index (κ1) is 15.4. The van der Waals surface area contributed by atoms with Crippen molar-refractivity contribution in [3.63, 3.8) is 0 Å². The Bertz CT molecular complexity index is 686. The van der Waals surface area contributed by atoms with Gasteiger partial charge in [0.05, 0.1) is 19.1 Å². The molecule has 2 heterocycles. The summed E-state index contributed by atoms with van der Waals surface area (Å²) in [5.41, 5.74) is 2.46. The molecule has 2 aromatic rings. The average Bonchev–Trinajstić information content (AvgIpc) is 3.08. The predicted molar refractivity (Wildman–Crippen MR) is 82.4 cm³/mol. The summed E-state index contributed by atoms with van der Waals surface area (Å²) in [4.78, 5) is 4.14. The molecule has 1 aromatic heterocycles. The largest absolute Gasteiger partial charge is 0.472 e. The van der Waals surface area contributed by atoms with Gasteiger partial charge in [-0.05, 0) is 18.2 Å². The number of hydrogen-bond acceptors (Lipinski definition) is 4. The van der Waals surface area contributed by atoms with Crippen LogP contribution < -0.4 is 15.4 Å². The Morgan fingerprint density at radius 3 is 2.96 bits per heavy atom. The zero-order valence-corrected chi connectivity index (χ0v) is 12.8. The third-order valence-corrected chi connectivity index (χ3v) is 3.46. The van der Waals surface area contributed by atoms with E-state index in [0.717, 1.165) is 16.7 Å². The summed E-state index contributed by atoms with van der Waals surface area (Å²) >= 11 is 0. The van der Waals surface area contributed by atoms with E-state index < -0.39 is 0 Å². The molecule has 6 nitrogen and oxygen atoms in total. The fourth-order valence-corrected chi connectivity index (χ4v) is 2.37. The van der Waals surface area contributed by atoms with Crippen LogP contribution in [-0.4, -0.2) is 19.8 Å². The van der Waals surface area contributed by atoms with Gasteiger partial charge >= 0.3 is 0 Å². The first-order valence-electron chi connectivity index (χ1n) is 7.23. The second-order valence-electron chi connectivity index (χ2n) is 5.07. The summed E-state index contributed by atoms with van der Waals surface area (Å²) < 4.78 is 29.4. The molecule has 0 amide bonds. The summed E-state index contributed by atoms with van der Waals surface area (Å²) in [6.45, 7) is 1.51. The van der Waals surface area contributed by atoms with Gasteiger partial charge in [0.1, 0.15) is 11.6 Å². The van der Waals surface area contributed by atoms with Crippen molar-refractivity contribution in [2.75, 3.05) is 13.8 Å². The van der Waals surface area contributed by atoms with E-state index in [1.165, 1.54) is 12.1 Å². The van der Waals surface area contributed by atoms with Gasteiger partial charge in [0.25, 0.3) is 0 Å². The zero-order chi connectivity index (χ0) is 16.1. The van der Waals surface area contributed by atoms with Crippen LogP contribution in [0.25, 0.3) is 0 Å². The molecule has 2 N–H and O–H groups in total. The predicted octanol–water partition coefficient (Wildman–Crippen LogP) is 2.15. The second-order valence-corrected chi connectivity index (χ2v) is 5.07. The molecule has 0 atom stereocenters. The molecule has 3 rings (SSSR count). The van der Waals surface area contributed by atoms with Crippen molar-refractivity contribution >= 4 is 5.96 Å². The molecule has 0 bridgehead atoms.